The molecule has 1 fully saturated rings. The molecule has 0 spiro atoms. The summed E-state index contributed by atoms with van der Waals surface area (Å²) < 4.78 is 5.85. The second-order valence-corrected chi connectivity index (χ2v) is 6.56. The molecular formula is C18H20ClN3O. The number of pyridine rings is 1. The topological polar surface area (TPSA) is 37.4 Å². The number of fused-ring (bicyclic) bond motifs is 1. The summed E-state index contributed by atoms with van der Waals surface area (Å²) in [6.45, 7) is 4.55. The Morgan fingerprint density at radius 1 is 1.39 bits per heavy atom. The first-order valence-corrected chi connectivity index (χ1v) is 8.48. The largest absolute Gasteiger partial charge is 0.493 e. The van der Waals surface area contributed by atoms with E-state index in [4.69, 9.17) is 16.3 Å². The second kappa shape index (κ2) is 6.48. The summed E-state index contributed by atoms with van der Waals surface area (Å²) in [5, 5.41) is 4.29. The lowest BCUT2D eigenvalue weighted by atomic mass is 10.0. The zero-order chi connectivity index (χ0) is 15.6. The van der Waals surface area contributed by atoms with Crippen molar-refractivity contribution in [3.63, 3.8) is 0 Å². The number of benzene rings is 1. The van der Waals surface area contributed by atoms with Gasteiger partial charge in [0.15, 0.2) is 0 Å². The van der Waals surface area contributed by atoms with Gasteiger partial charge >= 0.3 is 0 Å². The molecular weight excluding hydrogens is 310 g/mol. The van der Waals surface area contributed by atoms with Crippen LogP contribution >= 0.6 is 11.6 Å². The van der Waals surface area contributed by atoms with E-state index in [1.165, 1.54) is 16.7 Å². The zero-order valence-corrected chi connectivity index (χ0v) is 13.7. The van der Waals surface area contributed by atoms with Crippen LogP contribution in [0, 0.1) is 0 Å². The molecule has 5 heteroatoms. The average Bonchev–Trinajstić information content (AvgIpc) is 3.04. The van der Waals surface area contributed by atoms with E-state index in [1.54, 1.807) is 0 Å². The van der Waals surface area contributed by atoms with Crippen molar-refractivity contribution in [3.05, 3.63) is 58.4 Å². The van der Waals surface area contributed by atoms with E-state index in [-0.39, 0.29) is 0 Å². The van der Waals surface area contributed by atoms with Crippen molar-refractivity contribution >= 4 is 11.6 Å². The highest BCUT2D eigenvalue weighted by molar-refractivity contribution is 6.30. The predicted molar refractivity (Wildman–Crippen MR) is 90.9 cm³/mol. The van der Waals surface area contributed by atoms with Gasteiger partial charge in [-0.15, -0.1) is 0 Å². The number of halogens is 1. The van der Waals surface area contributed by atoms with Crippen LogP contribution in [0.2, 0.25) is 5.02 Å². The molecule has 1 aromatic heterocycles. The normalized spacial score (nSPS) is 21.0. The lowest BCUT2D eigenvalue weighted by molar-refractivity contribution is 0.152. The van der Waals surface area contributed by atoms with Gasteiger partial charge in [0.2, 0.25) is 0 Å². The number of rotatable bonds is 3. The maximum atomic E-state index is 6.30. The van der Waals surface area contributed by atoms with E-state index in [2.05, 4.69) is 21.3 Å². The van der Waals surface area contributed by atoms with Gasteiger partial charge in [0.05, 0.1) is 6.61 Å². The Kier molecular flexibility index (Phi) is 4.21. The van der Waals surface area contributed by atoms with Gasteiger partial charge in [0.1, 0.15) is 5.75 Å². The minimum atomic E-state index is 0.327. The smallest absolute Gasteiger partial charge is 0.127 e. The van der Waals surface area contributed by atoms with Gasteiger partial charge in [0, 0.05) is 61.6 Å². The predicted octanol–water partition coefficient (Wildman–Crippen LogP) is 2.82. The van der Waals surface area contributed by atoms with Gasteiger partial charge in [-0.25, -0.2) is 0 Å². The molecule has 2 aliphatic heterocycles. The molecule has 120 valence electrons. The van der Waals surface area contributed by atoms with Crippen LogP contribution < -0.4 is 10.1 Å². The van der Waals surface area contributed by atoms with Crippen LogP contribution in [0.1, 0.15) is 22.7 Å². The van der Waals surface area contributed by atoms with Crippen molar-refractivity contribution in [2.24, 2.45) is 0 Å². The molecule has 1 N–H and O–H groups in total. The molecule has 0 aliphatic carbocycles. The molecule has 1 unspecified atom stereocenters. The van der Waals surface area contributed by atoms with Crippen molar-refractivity contribution in [1.82, 2.24) is 15.2 Å². The number of hydrogen-bond donors (Lipinski definition) is 1. The Morgan fingerprint density at radius 3 is 3.22 bits per heavy atom. The molecule has 3 heterocycles. The first kappa shape index (κ1) is 14.9. The molecule has 0 bridgehead atoms. The quantitative estimate of drug-likeness (QED) is 0.939. The molecule has 23 heavy (non-hydrogen) atoms. The summed E-state index contributed by atoms with van der Waals surface area (Å²) in [6, 6.07) is 8.56. The first-order chi connectivity index (χ1) is 11.3. The van der Waals surface area contributed by atoms with Crippen LogP contribution in [0.4, 0.5) is 0 Å². The Labute approximate surface area is 141 Å². The van der Waals surface area contributed by atoms with Crippen LogP contribution in [0.15, 0.2) is 36.7 Å². The van der Waals surface area contributed by atoms with Gasteiger partial charge < -0.3 is 10.1 Å². The highest BCUT2D eigenvalue weighted by atomic mass is 35.5. The van der Waals surface area contributed by atoms with Gasteiger partial charge in [0.25, 0.3) is 0 Å². The minimum Gasteiger partial charge on any atom is -0.493 e. The van der Waals surface area contributed by atoms with E-state index < -0.39 is 0 Å². The van der Waals surface area contributed by atoms with Crippen LogP contribution in [-0.4, -0.2) is 36.1 Å². The molecule has 1 atom stereocenters. The molecule has 2 aliphatic rings. The lowest BCUT2D eigenvalue weighted by Crippen LogP contribution is -2.45. The summed E-state index contributed by atoms with van der Waals surface area (Å²) in [5.74, 6) is 1.04. The Balaban J connectivity index is 1.62. The van der Waals surface area contributed by atoms with Gasteiger partial charge in [-0.3, -0.25) is 9.88 Å². The molecule has 1 aromatic carbocycles. The summed E-state index contributed by atoms with van der Waals surface area (Å²) >= 11 is 6.30. The number of ether oxygens (including phenoxy) is 1. The monoisotopic (exact) mass is 329 g/mol. The number of nitrogens with zero attached hydrogens (tertiary/aromatic N) is 2. The summed E-state index contributed by atoms with van der Waals surface area (Å²) in [5.41, 5.74) is 3.68. The van der Waals surface area contributed by atoms with Crippen LogP contribution in [0.5, 0.6) is 5.75 Å². The van der Waals surface area contributed by atoms with Gasteiger partial charge in [-0.05, 0) is 29.3 Å². The second-order valence-electron chi connectivity index (χ2n) is 6.13. The van der Waals surface area contributed by atoms with Crippen LogP contribution in [0.25, 0.3) is 0 Å². The molecule has 1 saturated heterocycles. The third-order valence-electron chi connectivity index (χ3n) is 4.62. The molecule has 0 amide bonds. The van der Waals surface area contributed by atoms with Crippen molar-refractivity contribution in [2.45, 2.75) is 19.0 Å². The number of hydrogen-bond acceptors (Lipinski definition) is 4. The minimum absolute atomic E-state index is 0.327. The first-order valence-electron chi connectivity index (χ1n) is 8.10. The molecule has 2 aromatic rings. The third kappa shape index (κ3) is 3.07. The highest BCUT2D eigenvalue weighted by Crippen LogP contribution is 2.35. The van der Waals surface area contributed by atoms with E-state index in [1.807, 2.05) is 30.6 Å². The Bertz CT molecular complexity index is 692. The zero-order valence-electron chi connectivity index (χ0n) is 13.0. The van der Waals surface area contributed by atoms with Crippen LogP contribution in [0.3, 0.4) is 0 Å². The summed E-state index contributed by atoms with van der Waals surface area (Å²) in [6.07, 6.45) is 4.74. The maximum absolute atomic E-state index is 6.30. The SMILES string of the molecule is Clc1cc2c(c(CN3CCNCC3c3cccnc3)c1)OCC2. The summed E-state index contributed by atoms with van der Waals surface area (Å²) in [4.78, 5) is 6.76. The fourth-order valence-corrected chi connectivity index (χ4v) is 3.78. The molecule has 4 nitrogen and oxygen atoms in total. The van der Waals surface area contributed by atoms with Crippen molar-refractivity contribution in [1.29, 1.82) is 0 Å². The van der Waals surface area contributed by atoms with Crippen LogP contribution in [-0.2, 0) is 13.0 Å². The van der Waals surface area contributed by atoms with Gasteiger partial charge in [-0.1, -0.05) is 17.7 Å². The lowest BCUT2D eigenvalue weighted by Gasteiger charge is -2.36. The Hall–Kier alpha value is -1.62. The van der Waals surface area contributed by atoms with Gasteiger partial charge in [-0.2, -0.15) is 0 Å². The Morgan fingerprint density at radius 2 is 2.35 bits per heavy atom. The fraction of sp³-hybridized carbons (Fsp3) is 0.389. The van der Waals surface area contributed by atoms with E-state index >= 15 is 0 Å². The highest BCUT2D eigenvalue weighted by Gasteiger charge is 2.26. The van der Waals surface area contributed by atoms with Crippen molar-refractivity contribution < 1.29 is 4.74 Å². The number of piperazine rings is 1. The average molecular weight is 330 g/mol. The molecule has 0 saturated carbocycles. The van der Waals surface area contributed by atoms with Crippen molar-refractivity contribution in [3.8, 4) is 5.75 Å². The summed E-state index contributed by atoms with van der Waals surface area (Å²) in [7, 11) is 0. The fourth-order valence-electron chi connectivity index (χ4n) is 3.52. The maximum Gasteiger partial charge on any atom is 0.127 e. The third-order valence-corrected chi connectivity index (χ3v) is 4.84. The molecule has 4 rings (SSSR count). The van der Waals surface area contributed by atoms with E-state index in [9.17, 15) is 0 Å². The van der Waals surface area contributed by atoms with E-state index in [0.717, 1.165) is 50.0 Å². The molecule has 0 radical (unpaired) electrons. The van der Waals surface area contributed by atoms with E-state index in [0.29, 0.717) is 6.04 Å². The number of nitrogens with one attached hydrogen (secondary N) is 1. The number of aromatic nitrogens is 1. The standard InChI is InChI=1S/C18H20ClN3O/c19-16-8-13-3-7-23-18(13)15(9-16)12-22-6-5-21-11-17(22)14-2-1-4-20-10-14/h1-2,4,8-10,17,21H,3,5-7,11-12H2. The van der Waals surface area contributed by atoms with Crippen molar-refractivity contribution in [2.75, 3.05) is 26.2 Å².